The molecule has 0 aliphatic rings. The van der Waals surface area contributed by atoms with Gasteiger partial charge in [-0.25, -0.2) is 4.79 Å². The van der Waals surface area contributed by atoms with Gasteiger partial charge in [0.15, 0.2) is 0 Å². The lowest BCUT2D eigenvalue weighted by Crippen LogP contribution is -2.40. The van der Waals surface area contributed by atoms with Crippen molar-refractivity contribution in [2.24, 2.45) is 5.92 Å². The number of ether oxygens (including phenoxy) is 1. The molecular weight excluding hydrogens is 252 g/mol. The Morgan fingerprint density at radius 3 is 2.53 bits per heavy atom. The Bertz CT molecular complexity index is 319. The number of hydrogen-bond donors (Lipinski definition) is 2. The number of nitrogens with zero attached hydrogens (tertiary/aromatic N) is 1. The fourth-order valence-electron chi connectivity index (χ4n) is 1.36. The second-order valence-electron chi connectivity index (χ2n) is 4.37. The van der Waals surface area contributed by atoms with Crippen molar-refractivity contribution in [3.63, 3.8) is 0 Å². The minimum Gasteiger partial charge on any atom is -0.481 e. The van der Waals surface area contributed by atoms with E-state index in [4.69, 9.17) is 9.84 Å². The Morgan fingerprint density at radius 1 is 1.37 bits per heavy atom. The maximum Gasteiger partial charge on any atom is 0.317 e. The number of urea groups is 1. The molecule has 0 saturated carbocycles. The largest absolute Gasteiger partial charge is 0.481 e. The Kier molecular flexibility index (Phi) is 8.32. The topological polar surface area (TPSA) is 95.9 Å². The average molecular weight is 274 g/mol. The quantitative estimate of drug-likeness (QED) is 0.635. The van der Waals surface area contributed by atoms with Gasteiger partial charge in [0.2, 0.25) is 0 Å². The molecular formula is C12H22N2O5. The zero-order chi connectivity index (χ0) is 14.8. The van der Waals surface area contributed by atoms with Crippen LogP contribution in [-0.4, -0.2) is 54.7 Å². The molecule has 0 aromatic rings. The summed E-state index contributed by atoms with van der Waals surface area (Å²) in [5.74, 6) is -1.38. The predicted molar refractivity (Wildman–Crippen MR) is 68.7 cm³/mol. The number of aliphatic carboxylic acids is 1. The zero-order valence-corrected chi connectivity index (χ0v) is 11.6. The van der Waals surface area contributed by atoms with Gasteiger partial charge in [0.1, 0.15) is 0 Å². The molecule has 0 aliphatic heterocycles. The third-order valence-electron chi connectivity index (χ3n) is 2.43. The van der Waals surface area contributed by atoms with Gasteiger partial charge in [-0.05, 0) is 12.8 Å². The van der Waals surface area contributed by atoms with E-state index < -0.39 is 5.97 Å². The molecule has 0 aliphatic carbocycles. The van der Waals surface area contributed by atoms with Gasteiger partial charge in [-0.2, -0.15) is 0 Å². The molecule has 0 rings (SSSR count). The van der Waals surface area contributed by atoms with E-state index in [0.717, 1.165) is 0 Å². The summed E-state index contributed by atoms with van der Waals surface area (Å²) in [5, 5.41) is 11.2. The lowest BCUT2D eigenvalue weighted by Gasteiger charge is -2.18. The summed E-state index contributed by atoms with van der Waals surface area (Å²) < 4.78 is 4.75. The molecule has 2 N–H and O–H groups in total. The Balaban J connectivity index is 3.87. The highest BCUT2D eigenvalue weighted by molar-refractivity contribution is 5.75. The van der Waals surface area contributed by atoms with Crippen molar-refractivity contribution in [2.75, 3.05) is 26.7 Å². The van der Waals surface area contributed by atoms with Crippen molar-refractivity contribution >= 4 is 18.0 Å². The van der Waals surface area contributed by atoms with Crippen LogP contribution < -0.4 is 5.32 Å². The summed E-state index contributed by atoms with van der Waals surface area (Å²) in [6, 6.07) is -0.332. The smallest absolute Gasteiger partial charge is 0.317 e. The van der Waals surface area contributed by atoms with Gasteiger partial charge >= 0.3 is 18.0 Å². The van der Waals surface area contributed by atoms with Gasteiger partial charge < -0.3 is 20.1 Å². The van der Waals surface area contributed by atoms with Crippen molar-refractivity contribution in [2.45, 2.75) is 26.7 Å². The molecule has 0 fully saturated rings. The molecule has 110 valence electrons. The normalized spacial score (nSPS) is 11.5. The number of carbonyl (C=O) groups excluding carboxylic acids is 2. The highest BCUT2D eigenvalue weighted by atomic mass is 16.5. The van der Waals surface area contributed by atoms with E-state index in [1.54, 1.807) is 20.9 Å². The van der Waals surface area contributed by atoms with E-state index >= 15 is 0 Å². The Hall–Kier alpha value is -1.79. The van der Waals surface area contributed by atoms with Crippen LogP contribution in [0.2, 0.25) is 0 Å². The number of nitrogens with one attached hydrogen (secondary N) is 1. The zero-order valence-electron chi connectivity index (χ0n) is 11.6. The molecule has 7 nitrogen and oxygen atoms in total. The van der Waals surface area contributed by atoms with Crippen molar-refractivity contribution in [3.8, 4) is 0 Å². The van der Waals surface area contributed by atoms with Crippen molar-refractivity contribution in [1.82, 2.24) is 10.2 Å². The molecule has 0 radical (unpaired) electrons. The van der Waals surface area contributed by atoms with E-state index in [2.05, 4.69) is 5.32 Å². The molecule has 0 saturated heterocycles. The third-order valence-corrected chi connectivity index (χ3v) is 2.43. The van der Waals surface area contributed by atoms with Gasteiger partial charge in [-0.1, -0.05) is 6.92 Å². The fourth-order valence-corrected chi connectivity index (χ4v) is 1.36. The van der Waals surface area contributed by atoms with Crippen LogP contribution in [0.15, 0.2) is 0 Å². The SMILES string of the molecule is CCOC(=O)CCN(C)C(=O)NCC(C)CC(=O)O. The first-order chi connectivity index (χ1) is 8.86. The molecule has 0 aromatic heterocycles. The highest BCUT2D eigenvalue weighted by Crippen LogP contribution is 2.00. The summed E-state index contributed by atoms with van der Waals surface area (Å²) >= 11 is 0. The monoisotopic (exact) mass is 274 g/mol. The van der Waals surface area contributed by atoms with Crippen LogP contribution >= 0.6 is 0 Å². The third kappa shape index (κ3) is 8.87. The average Bonchev–Trinajstić information content (AvgIpc) is 2.32. The summed E-state index contributed by atoms with van der Waals surface area (Å²) in [4.78, 5) is 34.5. The fraction of sp³-hybridized carbons (Fsp3) is 0.750. The van der Waals surface area contributed by atoms with E-state index in [9.17, 15) is 14.4 Å². The highest BCUT2D eigenvalue weighted by Gasteiger charge is 2.13. The van der Waals surface area contributed by atoms with E-state index in [0.29, 0.717) is 6.61 Å². The number of carboxylic acid groups (broad SMARTS) is 1. The second kappa shape index (κ2) is 9.18. The van der Waals surface area contributed by atoms with Crippen molar-refractivity contribution in [3.05, 3.63) is 0 Å². The summed E-state index contributed by atoms with van der Waals surface area (Å²) in [6.07, 6.45) is 0.148. The number of hydrogen-bond acceptors (Lipinski definition) is 4. The Labute approximate surface area is 112 Å². The number of carbonyl (C=O) groups is 3. The molecule has 1 atom stereocenters. The van der Waals surface area contributed by atoms with Crippen LogP contribution in [0, 0.1) is 5.92 Å². The maximum atomic E-state index is 11.6. The molecule has 7 heteroatoms. The minimum absolute atomic E-state index is 0.00677. The van der Waals surface area contributed by atoms with Gasteiger partial charge in [-0.15, -0.1) is 0 Å². The van der Waals surface area contributed by atoms with Gasteiger partial charge in [0.05, 0.1) is 13.0 Å². The number of amides is 2. The lowest BCUT2D eigenvalue weighted by atomic mass is 10.1. The van der Waals surface area contributed by atoms with Crippen LogP contribution in [0.1, 0.15) is 26.7 Å². The standard InChI is InChI=1S/C12H22N2O5/c1-4-19-11(17)5-6-14(3)12(18)13-8-9(2)7-10(15)16/h9H,4-8H2,1-3H3,(H,13,18)(H,15,16). The number of carboxylic acids is 1. The summed E-state index contributed by atoms with van der Waals surface area (Å²) in [6.45, 7) is 4.33. The first-order valence-electron chi connectivity index (χ1n) is 6.23. The van der Waals surface area contributed by atoms with Crippen LogP contribution in [0.4, 0.5) is 4.79 Å². The van der Waals surface area contributed by atoms with Gasteiger partial charge in [0.25, 0.3) is 0 Å². The predicted octanol–water partition coefficient (Wildman–Crippen LogP) is 0.692. The number of esters is 1. The van der Waals surface area contributed by atoms with Crippen LogP contribution in [0.25, 0.3) is 0 Å². The molecule has 0 heterocycles. The molecule has 0 spiro atoms. The number of rotatable bonds is 8. The molecule has 0 aromatic carbocycles. The first-order valence-corrected chi connectivity index (χ1v) is 6.23. The lowest BCUT2D eigenvalue weighted by molar-refractivity contribution is -0.143. The van der Waals surface area contributed by atoms with E-state index in [1.807, 2.05) is 0 Å². The summed E-state index contributed by atoms with van der Waals surface area (Å²) in [5.41, 5.74) is 0. The minimum atomic E-state index is -0.891. The first kappa shape index (κ1) is 17.2. The molecule has 1 unspecified atom stereocenters. The van der Waals surface area contributed by atoms with Crippen molar-refractivity contribution in [1.29, 1.82) is 0 Å². The van der Waals surface area contributed by atoms with Gasteiger partial charge in [0, 0.05) is 26.6 Å². The summed E-state index contributed by atoms with van der Waals surface area (Å²) in [7, 11) is 1.57. The van der Waals surface area contributed by atoms with Gasteiger partial charge in [-0.3, -0.25) is 9.59 Å². The molecule has 19 heavy (non-hydrogen) atoms. The van der Waals surface area contributed by atoms with E-state index in [1.165, 1.54) is 4.90 Å². The van der Waals surface area contributed by atoms with Crippen LogP contribution in [0.3, 0.4) is 0 Å². The Morgan fingerprint density at radius 2 is 2.00 bits per heavy atom. The maximum absolute atomic E-state index is 11.6. The second-order valence-corrected chi connectivity index (χ2v) is 4.37. The molecule has 2 amide bonds. The van der Waals surface area contributed by atoms with Crippen LogP contribution in [-0.2, 0) is 14.3 Å². The van der Waals surface area contributed by atoms with E-state index in [-0.39, 0.29) is 43.8 Å². The van der Waals surface area contributed by atoms with Crippen LogP contribution in [0.5, 0.6) is 0 Å². The van der Waals surface area contributed by atoms with Crippen molar-refractivity contribution < 1.29 is 24.2 Å². The molecule has 0 bridgehead atoms.